The molecule has 0 heterocycles. The summed E-state index contributed by atoms with van der Waals surface area (Å²) in [5.41, 5.74) is 0. The molecule has 0 aliphatic rings. The molecule has 1 unspecified atom stereocenters. The summed E-state index contributed by atoms with van der Waals surface area (Å²) in [5.74, 6) is 0. The average Bonchev–Trinajstić information content (AvgIpc) is 2.10. The van der Waals surface area contributed by atoms with Gasteiger partial charge in [-0.2, -0.15) is 0 Å². The van der Waals surface area contributed by atoms with Crippen molar-refractivity contribution in [1.29, 1.82) is 0 Å². The van der Waals surface area contributed by atoms with Gasteiger partial charge in [0, 0.05) is 19.3 Å². The fourth-order valence-corrected chi connectivity index (χ4v) is 1.21. The summed E-state index contributed by atoms with van der Waals surface area (Å²) in [7, 11) is 0. The predicted octanol–water partition coefficient (Wildman–Crippen LogP) is 2.19. The van der Waals surface area contributed by atoms with E-state index in [4.69, 9.17) is 4.74 Å². The van der Waals surface area contributed by atoms with Gasteiger partial charge in [0.15, 0.2) is 0 Å². The molecule has 74 valence electrons. The first-order valence-electron chi connectivity index (χ1n) is 5.16. The molecule has 2 heteroatoms. The van der Waals surface area contributed by atoms with Crippen LogP contribution in [0.4, 0.5) is 0 Å². The minimum atomic E-state index is 0.645. The molecule has 0 spiro atoms. The smallest absolute Gasteiger partial charge is 0.0480 e. The van der Waals surface area contributed by atoms with E-state index in [-0.39, 0.29) is 0 Å². The Kier molecular flexibility index (Phi) is 8.95. The zero-order valence-electron chi connectivity index (χ0n) is 8.73. The molecule has 0 fully saturated rings. The van der Waals surface area contributed by atoms with Gasteiger partial charge < -0.3 is 10.1 Å². The fraction of sp³-hybridized carbons (Fsp3) is 1.00. The van der Waals surface area contributed by atoms with Gasteiger partial charge in [-0.1, -0.05) is 20.8 Å². The lowest BCUT2D eigenvalue weighted by Gasteiger charge is -2.15. The van der Waals surface area contributed by atoms with Crippen LogP contribution in [0.15, 0.2) is 0 Å². The second kappa shape index (κ2) is 9.01. The van der Waals surface area contributed by atoms with Gasteiger partial charge in [-0.3, -0.25) is 0 Å². The monoisotopic (exact) mass is 173 g/mol. The van der Waals surface area contributed by atoms with Crippen molar-refractivity contribution >= 4 is 0 Å². The molecule has 0 aromatic rings. The van der Waals surface area contributed by atoms with Crippen molar-refractivity contribution in [3.8, 4) is 0 Å². The molecular weight excluding hydrogens is 150 g/mol. The van der Waals surface area contributed by atoms with E-state index in [2.05, 4.69) is 26.1 Å². The summed E-state index contributed by atoms with van der Waals surface area (Å²) in [6, 6.07) is 0.645. The Labute approximate surface area is 76.7 Å². The van der Waals surface area contributed by atoms with E-state index >= 15 is 0 Å². The van der Waals surface area contributed by atoms with E-state index < -0.39 is 0 Å². The Bertz CT molecular complexity index is 85.9. The maximum Gasteiger partial charge on any atom is 0.0480 e. The lowest BCUT2D eigenvalue weighted by atomic mass is 10.1. The third-order valence-electron chi connectivity index (χ3n) is 1.94. The predicted molar refractivity (Wildman–Crippen MR) is 53.5 cm³/mol. The first-order valence-corrected chi connectivity index (χ1v) is 5.16. The number of nitrogens with one attached hydrogen (secondary N) is 1. The van der Waals surface area contributed by atoms with Gasteiger partial charge in [-0.15, -0.1) is 0 Å². The van der Waals surface area contributed by atoms with Crippen LogP contribution >= 0.6 is 0 Å². The molecule has 0 aliphatic heterocycles. The zero-order valence-corrected chi connectivity index (χ0v) is 8.73. The molecule has 0 amide bonds. The van der Waals surface area contributed by atoms with Crippen LogP contribution in [0.5, 0.6) is 0 Å². The second-order valence-corrected chi connectivity index (χ2v) is 3.06. The maximum absolute atomic E-state index is 5.42. The normalized spacial score (nSPS) is 13.2. The Morgan fingerprint density at radius 2 is 1.92 bits per heavy atom. The standard InChI is InChI=1S/C10H23NO/c1-4-8-12-9-7-10(5-2)11-6-3/h10-11H,4-9H2,1-3H3. The topological polar surface area (TPSA) is 21.3 Å². The second-order valence-electron chi connectivity index (χ2n) is 3.06. The third kappa shape index (κ3) is 6.62. The molecule has 0 saturated carbocycles. The highest BCUT2D eigenvalue weighted by Crippen LogP contribution is 1.97. The molecule has 0 radical (unpaired) electrons. The summed E-state index contributed by atoms with van der Waals surface area (Å²) < 4.78 is 5.42. The van der Waals surface area contributed by atoms with Crippen LogP contribution in [0.3, 0.4) is 0 Å². The van der Waals surface area contributed by atoms with Crippen molar-refractivity contribution in [2.45, 2.75) is 46.1 Å². The highest BCUT2D eigenvalue weighted by atomic mass is 16.5. The number of hydrogen-bond donors (Lipinski definition) is 1. The number of rotatable bonds is 8. The van der Waals surface area contributed by atoms with Crippen LogP contribution in [-0.4, -0.2) is 25.8 Å². The molecule has 0 rings (SSSR count). The molecule has 2 nitrogen and oxygen atoms in total. The molecule has 0 aliphatic carbocycles. The van der Waals surface area contributed by atoms with Crippen molar-refractivity contribution in [3.63, 3.8) is 0 Å². The van der Waals surface area contributed by atoms with Crippen molar-refractivity contribution in [2.75, 3.05) is 19.8 Å². The van der Waals surface area contributed by atoms with Crippen molar-refractivity contribution in [2.24, 2.45) is 0 Å². The summed E-state index contributed by atoms with van der Waals surface area (Å²) in [6.07, 6.45) is 3.46. The summed E-state index contributed by atoms with van der Waals surface area (Å²) in [6.45, 7) is 9.37. The molecule has 0 aromatic heterocycles. The van der Waals surface area contributed by atoms with Crippen LogP contribution in [0.1, 0.15) is 40.0 Å². The Morgan fingerprint density at radius 1 is 1.17 bits per heavy atom. The largest absolute Gasteiger partial charge is 0.381 e. The van der Waals surface area contributed by atoms with Crippen LogP contribution in [0.25, 0.3) is 0 Å². The SMILES string of the molecule is CCCOCCC(CC)NCC. The Balaban J connectivity index is 3.19. The molecule has 12 heavy (non-hydrogen) atoms. The van der Waals surface area contributed by atoms with E-state index in [1.54, 1.807) is 0 Å². The molecule has 0 aromatic carbocycles. The lowest BCUT2D eigenvalue weighted by molar-refractivity contribution is 0.124. The molecule has 0 saturated heterocycles. The first kappa shape index (κ1) is 11.9. The van der Waals surface area contributed by atoms with Crippen LogP contribution in [0, 0.1) is 0 Å². The minimum absolute atomic E-state index is 0.645. The van der Waals surface area contributed by atoms with Crippen LogP contribution in [-0.2, 0) is 4.74 Å². The van der Waals surface area contributed by atoms with Gasteiger partial charge in [0.2, 0.25) is 0 Å². The average molecular weight is 173 g/mol. The molecule has 1 atom stereocenters. The fourth-order valence-electron chi connectivity index (χ4n) is 1.21. The van der Waals surface area contributed by atoms with Gasteiger partial charge >= 0.3 is 0 Å². The van der Waals surface area contributed by atoms with E-state index in [9.17, 15) is 0 Å². The number of hydrogen-bond acceptors (Lipinski definition) is 2. The highest BCUT2D eigenvalue weighted by molar-refractivity contribution is 4.62. The Morgan fingerprint density at radius 3 is 2.42 bits per heavy atom. The molecule has 0 bridgehead atoms. The van der Waals surface area contributed by atoms with Gasteiger partial charge in [0.25, 0.3) is 0 Å². The molecule has 1 N–H and O–H groups in total. The van der Waals surface area contributed by atoms with E-state index in [1.807, 2.05) is 0 Å². The maximum atomic E-state index is 5.42. The van der Waals surface area contributed by atoms with Crippen LogP contribution in [0.2, 0.25) is 0 Å². The van der Waals surface area contributed by atoms with E-state index in [1.165, 1.54) is 6.42 Å². The Hall–Kier alpha value is -0.0800. The highest BCUT2D eigenvalue weighted by Gasteiger charge is 2.02. The molecular formula is C10H23NO. The summed E-state index contributed by atoms with van der Waals surface area (Å²) in [4.78, 5) is 0. The number of ether oxygens (including phenoxy) is 1. The lowest BCUT2D eigenvalue weighted by Crippen LogP contribution is -2.29. The minimum Gasteiger partial charge on any atom is -0.381 e. The van der Waals surface area contributed by atoms with Crippen molar-refractivity contribution in [3.05, 3.63) is 0 Å². The first-order chi connectivity index (χ1) is 5.85. The van der Waals surface area contributed by atoms with Crippen molar-refractivity contribution < 1.29 is 4.74 Å². The van der Waals surface area contributed by atoms with Gasteiger partial charge in [-0.25, -0.2) is 0 Å². The van der Waals surface area contributed by atoms with Crippen molar-refractivity contribution in [1.82, 2.24) is 5.32 Å². The van der Waals surface area contributed by atoms with Gasteiger partial charge in [0.05, 0.1) is 0 Å². The van der Waals surface area contributed by atoms with Crippen LogP contribution < -0.4 is 5.32 Å². The quantitative estimate of drug-likeness (QED) is 0.568. The van der Waals surface area contributed by atoms with Gasteiger partial charge in [-0.05, 0) is 25.8 Å². The zero-order chi connectivity index (χ0) is 9.23. The van der Waals surface area contributed by atoms with E-state index in [0.717, 1.165) is 32.6 Å². The summed E-state index contributed by atoms with van der Waals surface area (Å²) >= 11 is 0. The third-order valence-corrected chi connectivity index (χ3v) is 1.94. The summed E-state index contributed by atoms with van der Waals surface area (Å²) in [5, 5.41) is 3.43. The van der Waals surface area contributed by atoms with E-state index in [0.29, 0.717) is 6.04 Å². The van der Waals surface area contributed by atoms with Gasteiger partial charge in [0.1, 0.15) is 0 Å².